The first-order valence-electron chi connectivity index (χ1n) is 5.63. The van der Waals surface area contributed by atoms with Crippen LogP contribution in [0, 0.1) is 0 Å². The van der Waals surface area contributed by atoms with Gasteiger partial charge in [0.15, 0.2) is 0 Å². The zero-order valence-corrected chi connectivity index (χ0v) is 10.8. The molecule has 1 unspecified atom stereocenters. The van der Waals surface area contributed by atoms with Crippen LogP contribution in [0.2, 0.25) is 0 Å². The van der Waals surface area contributed by atoms with Crippen LogP contribution in [-0.4, -0.2) is 22.6 Å². The van der Waals surface area contributed by atoms with Gasteiger partial charge in [-0.15, -0.1) is 11.3 Å². The molecule has 18 heavy (non-hydrogen) atoms. The third kappa shape index (κ3) is 3.07. The second-order valence-corrected chi connectivity index (χ2v) is 4.96. The predicted octanol–water partition coefficient (Wildman–Crippen LogP) is 3.06. The van der Waals surface area contributed by atoms with Crippen LogP contribution in [0.25, 0.3) is 0 Å². The van der Waals surface area contributed by atoms with Crippen LogP contribution in [-0.2, 0) is 0 Å². The van der Waals surface area contributed by atoms with Crippen molar-refractivity contribution < 1.29 is 9.90 Å². The summed E-state index contributed by atoms with van der Waals surface area (Å²) in [6, 6.07) is 6.74. The Hall–Kier alpha value is -1.88. The number of nitrogens with zero attached hydrogens (tertiary/aromatic N) is 1. The van der Waals surface area contributed by atoms with Crippen molar-refractivity contribution >= 4 is 23.0 Å². The van der Waals surface area contributed by atoms with Crippen LogP contribution in [0.1, 0.15) is 28.2 Å². The molecule has 1 aromatic carbocycles. The van der Waals surface area contributed by atoms with Gasteiger partial charge in [-0.25, -0.2) is 9.78 Å². The number of carboxylic acids is 1. The molecular weight excluding hydrogens is 248 g/mol. The summed E-state index contributed by atoms with van der Waals surface area (Å²) < 4.78 is 0. The first-order chi connectivity index (χ1) is 8.66. The predicted molar refractivity (Wildman–Crippen MR) is 72.4 cm³/mol. The Morgan fingerprint density at radius 3 is 2.72 bits per heavy atom. The molecular formula is C13H14N2O2S. The highest BCUT2D eigenvalue weighted by Gasteiger charge is 2.08. The molecule has 1 atom stereocenters. The van der Waals surface area contributed by atoms with Gasteiger partial charge in [-0.1, -0.05) is 6.92 Å². The zero-order valence-electron chi connectivity index (χ0n) is 9.96. The van der Waals surface area contributed by atoms with E-state index in [1.807, 2.05) is 5.38 Å². The lowest BCUT2D eigenvalue weighted by atomic mass is 10.1. The molecule has 4 nitrogen and oxygen atoms in total. The van der Waals surface area contributed by atoms with Gasteiger partial charge in [-0.3, -0.25) is 0 Å². The highest BCUT2D eigenvalue weighted by molar-refractivity contribution is 7.09. The van der Waals surface area contributed by atoms with Crippen LogP contribution in [0.3, 0.4) is 0 Å². The second kappa shape index (κ2) is 5.64. The third-order valence-corrected chi connectivity index (χ3v) is 3.62. The maximum atomic E-state index is 10.7. The smallest absolute Gasteiger partial charge is 0.335 e. The van der Waals surface area contributed by atoms with E-state index in [-0.39, 0.29) is 0 Å². The maximum absolute atomic E-state index is 10.7. The number of aromatic carboxylic acids is 1. The number of nitrogens with one attached hydrogen (secondary N) is 1. The van der Waals surface area contributed by atoms with E-state index in [1.54, 1.807) is 41.8 Å². The number of carboxylic acid groups (broad SMARTS) is 1. The van der Waals surface area contributed by atoms with E-state index >= 15 is 0 Å². The Morgan fingerprint density at radius 1 is 1.44 bits per heavy atom. The van der Waals surface area contributed by atoms with E-state index in [9.17, 15) is 4.79 Å². The van der Waals surface area contributed by atoms with Crippen molar-refractivity contribution in [2.75, 3.05) is 11.9 Å². The van der Waals surface area contributed by atoms with Crippen molar-refractivity contribution in [2.45, 2.75) is 12.8 Å². The average Bonchev–Trinajstić information content (AvgIpc) is 2.90. The van der Waals surface area contributed by atoms with E-state index < -0.39 is 5.97 Å². The van der Waals surface area contributed by atoms with E-state index in [0.29, 0.717) is 11.5 Å². The van der Waals surface area contributed by atoms with Crippen molar-refractivity contribution in [1.82, 2.24) is 4.98 Å². The van der Waals surface area contributed by atoms with Crippen molar-refractivity contribution in [1.29, 1.82) is 0 Å². The number of rotatable bonds is 5. The first-order valence-corrected chi connectivity index (χ1v) is 6.51. The van der Waals surface area contributed by atoms with Crippen LogP contribution in [0.15, 0.2) is 35.8 Å². The van der Waals surface area contributed by atoms with Gasteiger partial charge in [0, 0.05) is 29.7 Å². The Balaban J connectivity index is 1.92. The van der Waals surface area contributed by atoms with Crippen molar-refractivity contribution in [3.63, 3.8) is 0 Å². The molecule has 2 N–H and O–H groups in total. The van der Waals surface area contributed by atoms with Gasteiger partial charge < -0.3 is 10.4 Å². The summed E-state index contributed by atoms with van der Waals surface area (Å²) in [7, 11) is 0. The highest BCUT2D eigenvalue weighted by atomic mass is 32.1. The molecule has 1 heterocycles. The van der Waals surface area contributed by atoms with E-state index in [0.717, 1.165) is 17.2 Å². The summed E-state index contributed by atoms with van der Waals surface area (Å²) in [5.74, 6) is -0.568. The summed E-state index contributed by atoms with van der Waals surface area (Å²) in [5.41, 5.74) is 1.22. The Morgan fingerprint density at radius 2 is 2.17 bits per heavy atom. The number of thiazole rings is 1. The summed E-state index contributed by atoms with van der Waals surface area (Å²) in [6.45, 7) is 2.89. The SMILES string of the molecule is CC(CNc1ccc(C(=O)O)cc1)c1nccs1. The quantitative estimate of drug-likeness (QED) is 0.869. The number of anilines is 1. The number of aromatic nitrogens is 1. The van der Waals surface area contributed by atoms with E-state index in [4.69, 9.17) is 5.11 Å². The van der Waals surface area contributed by atoms with Crippen LogP contribution >= 0.6 is 11.3 Å². The number of carbonyl (C=O) groups is 1. The topological polar surface area (TPSA) is 62.2 Å². The molecule has 1 aromatic heterocycles. The fraction of sp³-hybridized carbons (Fsp3) is 0.231. The summed E-state index contributed by atoms with van der Waals surface area (Å²) in [6.07, 6.45) is 1.80. The largest absolute Gasteiger partial charge is 0.478 e. The molecule has 0 bridgehead atoms. The Bertz CT molecular complexity index is 508. The van der Waals surface area contributed by atoms with Gasteiger partial charge in [0.1, 0.15) is 0 Å². The van der Waals surface area contributed by atoms with E-state index in [1.165, 1.54) is 0 Å². The lowest BCUT2D eigenvalue weighted by molar-refractivity contribution is 0.0697. The molecule has 0 saturated carbocycles. The molecule has 2 rings (SSSR count). The minimum Gasteiger partial charge on any atom is -0.478 e. The molecule has 0 amide bonds. The molecule has 0 radical (unpaired) electrons. The van der Waals surface area contributed by atoms with Crippen LogP contribution in [0.4, 0.5) is 5.69 Å². The molecule has 0 spiro atoms. The van der Waals surface area contributed by atoms with Gasteiger partial charge in [-0.2, -0.15) is 0 Å². The monoisotopic (exact) mass is 262 g/mol. The number of hydrogen-bond acceptors (Lipinski definition) is 4. The Labute approximate surface area is 109 Å². The normalized spacial score (nSPS) is 12.1. The highest BCUT2D eigenvalue weighted by Crippen LogP contribution is 2.18. The second-order valence-electron chi connectivity index (χ2n) is 4.03. The van der Waals surface area contributed by atoms with Crippen LogP contribution < -0.4 is 5.32 Å². The fourth-order valence-electron chi connectivity index (χ4n) is 1.57. The minimum absolute atomic E-state index is 0.300. The number of hydrogen-bond donors (Lipinski definition) is 2. The molecule has 5 heteroatoms. The lowest BCUT2D eigenvalue weighted by Gasteiger charge is -2.11. The fourth-order valence-corrected chi connectivity index (χ4v) is 2.27. The van der Waals surface area contributed by atoms with Crippen molar-refractivity contribution in [3.05, 3.63) is 46.4 Å². The zero-order chi connectivity index (χ0) is 13.0. The third-order valence-electron chi connectivity index (χ3n) is 2.62. The van der Waals surface area contributed by atoms with Gasteiger partial charge >= 0.3 is 5.97 Å². The van der Waals surface area contributed by atoms with Gasteiger partial charge in [0.05, 0.1) is 10.6 Å². The molecule has 0 saturated heterocycles. The summed E-state index contributed by atoms with van der Waals surface area (Å²) >= 11 is 1.64. The van der Waals surface area contributed by atoms with Gasteiger partial charge in [0.2, 0.25) is 0 Å². The van der Waals surface area contributed by atoms with Gasteiger partial charge in [-0.05, 0) is 24.3 Å². The lowest BCUT2D eigenvalue weighted by Crippen LogP contribution is -2.09. The number of benzene rings is 1. The van der Waals surface area contributed by atoms with E-state index in [2.05, 4.69) is 17.2 Å². The standard InChI is InChI=1S/C13H14N2O2S/c1-9(12-14-6-7-18-12)8-15-11-4-2-10(3-5-11)13(16)17/h2-7,9,15H,8H2,1H3,(H,16,17). The Kier molecular flexibility index (Phi) is 3.94. The minimum atomic E-state index is -0.905. The molecule has 0 aliphatic heterocycles. The molecule has 0 aliphatic rings. The average molecular weight is 262 g/mol. The van der Waals surface area contributed by atoms with Crippen molar-refractivity contribution in [2.24, 2.45) is 0 Å². The molecule has 2 aromatic rings. The molecule has 0 aliphatic carbocycles. The maximum Gasteiger partial charge on any atom is 0.335 e. The van der Waals surface area contributed by atoms with Gasteiger partial charge in [0.25, 0.3) is 0 Å². The first kappa shape index (κ1) is 12.6. The summed E-state index contributed by atoms with van der Waals surface area (Å²) in [5, 5.41) is 15.1. The van der Waals surface area contributed by atoms with Crippen molar-refractivity contribution in [3.8, 4) is 0 Å². The molecule has 0 fully saturated rings. The summed E-state index contributed by atoms with van der Waals surface area (Å²) in [4.78, 5) is 15.0. The molecule has 94 valence electrons. The van der Waals surface area contributed by atoms with Crippen LogP contribution in [0.5, 0.6) is 0 Å².